The van der Waals surface area contributed by atoms with Gasteiger partial charge < -0.3 is 16.6 Å². The van der Waals surface area contributed by atoms with Gasteiger partial charge in [-0.15, -0.1) is 0 Å². The van der Waals surface area contributed by atoms with Crippen LogP contribution in [0.5, 0.6) is 5.75 Å². The molecular weight excluding hydrogens is 259 g/mol. The summed E-state index contributed by atoms with van der Waals surface area (Å²) in [5.41, 5.74) is 10.4. The Bertz CT molecular complexity index is 626. The Hall–Kier alpha value is -2.44. The molecule has 0 amide bonds. The van der Waals surface area contributed by atoms with Gasteiger partial charge in [-0.1, -0.05) is 0 Å². The third-order valence-corrected chi connectivity index (χ3v) is 2.59. The lowest BCUT2D eigenvalue weighted by molar-refractivity contribution is -0.137. The molecule has 2 aromatic rings. The average Bonchev–Trinajstić information content (AvgIpc) is 2.32. The summed E-state index contributed by atoms with van der Waals surface area (Å²) in [5.74, 6) is -0.311. The summed E-state index contributed by atoms with van der Waals surface area (Å²) in [7, 11) is 0. The number of benzene rings is 1. The van der Waals surface area contributed by atoms with E-state index < -0.39 is 11.7 Å². The van der Waals surface area contributed by atoms with Crippen LogP contribution in [0, 0.1) is 0 Å². The first-order valence-corrected chi connectivity index (χ1v) is 5.21. The third kappa shape index (κ3) is 2.40. The predicted octanol–water partition coefficient (Wildman–Crippen LogP) is 2.64. The summed E-state index contributed by atoms with van der Waals surface area (Å²) < 4.78 is 37.5. The lowest BCUT2D eigenvalue weighted by Crippen LogP contribution is -2.06. The van der Waals surface area contributed by atoms with Crippen molar-refractivity contribution >= 4 is 11.4 Å². The Morgan fingerprint density at radius 2 is 1.74 bits per heavy atom. The first-order valence-electron chi connectivity index (χ1n) is 5.21. The van der Waals surface area contributed by atoms with Gasteiger partial charge in [0, 0.05) is 17.4 Å². The van der Waals surface area contributed by atoms with Crippen molar-refractivity contribution in [3.05, 3.63) is 36.0 Å². The van der Waals surface area contributed by atoms with Crippen molar-refractivity contribution in [2.75, 3.05) is 11.5 Å². The molecule has 5 N–H and O–H groups in total. The molecule has 0 fully saturated rings. The van der Waals surface area contributed by atoms with E-state index in [1.807, 2.05) is 0 Å². The zero-order chi connectivity index (χ0) is 14.2. The van der Waals surface area contributed by atoms with Gasteiger partial charge >= 0.3 is 6.18 Å². The fourth-order valence-electron chi connectivity index (χ4n) is 1.62. The van der Waals surface area contributed by atoms with E-state index in [1.165, 1.54) is 12.3 Å². The maximum absolute atomic E-state index is 12.5. The Morgan fingerprint density at radius 3 is 2.32 bits per heavy atom. The summed E-state index contributed by atoms with van der Waals surface area (Å²) in [6, 6.07) is 4.19. The highest BCUT2D eigenvalue weighted by atomic mass is 19.4. The van der Waals surface area contributed by atoms with Crippen LogP contribution in [0.25, 0.3) is 11.3 Å². The zero-order valence-electron chi connectivity index (χ0n) is 9.57. The van der Waals surface area contributed by atoms with Crippen molar-refractivity contribution in [3.63, 3.8) is 0 Å². The minimum absolute atomic E-state index is 0.0474. The number of hydrogen-bond donors (Lipinski definition) is 3. The number of anilines is 2. The first-order chi connectivity index (χ1) is 8.80. The van der Waals surface area contributed by atoms with Crippen LogP contribution in [0.2, 0.25) is 0 Å². The Morgan fingerprint density at radius 1 is 1.05 bits per heavy atom. The predicted molar refractivity (Wildman–Crippen MR) is 65.2 cm³/mol. The van der Waals surface area contributed by atoms with Crippen molar-refractivity contribution in [1.29, 1.82) is 0 Å². The molecule has 0 saturated heterocycles. The SMILES string of the molecule is Nc1cc(C(F)(F)F)ccc1-c1nccc(N)c1O. The lowest BCUT2D eigenvalue weighted by Gasteiger charge is -2.12. The second-order valence-electron chi connectivity index (χ2n) is 3.90. The molecule has 7 heteroatoms. The lowest BCUT2D eigenvalue weighted by atomic mass is 10.0. The number of nitrogen functional groups attached to an aromatic ring is 2. The highest BCUT2D eigenvalue weighted by molar-refractivity contribution is 5.81. The van der Waals surface area contributed by atoms with Crippen LogP contribution >= 0.6 is 0 Å². The monoisotopic (exact) mass is 269 g/mol. The minimum atomic E-state index is -4.47. The van der Waals surface area contributed by atoms with E-state index in [1.54, 1.807) is 0 Å². The average molecular weight is 269 g/mol. The number of nitrogens with two attached hydrogens (primary N) is 2. The van der Waals surface area contributed by atoms with Gasteiger partial charge in [-0.05, 0) is 24.3 Å². The van der Waals surface area contributed by atoms with Crippen molar-refractivity contribution in [2.24, 2.45) is 0 Å². The van der Waals surface area contributed by atoms with Crippen LogP contribution in [-0.4, -0.2) is 10.1 Å². The molecule has 0 spiro atoms. The van der Waals surface area contributed by atoms with Gasteiger partial charge in [0.25, 0.3) is 0 Å². The smallest absolute Gasteiger partial charge is 0.416 e. The van der Waals surface area contributed by atoms with Crippen molar-refractivity contribution in [2.45, 2.75) is 6.18 Å². The molecule has 0 atom stereocenters. The normalized spacial score (nSPS) is 11.5. The fourth-order valence-corrected chi connectivity index (χ4v) is 1.62. The second kappa shape index (κ2) is 4.34. The van der Waals surface area contributed by atoms with E-state index in [2.05, 4.69) is 4.98 Å². The number of hydrogen-bond acceptors (Lipinski definition) is 4. The molecule has 0 aliphatic heterocycles. The molecule has 2 rings (SSSR count). The fraction of sp³-hybridized carbons (Fsp3) is 0.0833. The number of halogens is 3. The number of nitrogens with zero attached hydrogens (tertiary/aromatic N) is 1. The van der Waals surface area contributed by atoms with Crippen molar-refractivity contribution in [1.82, 2.24) is 4.98 Å². The molecule has 4 nitrogen and oxygen atoms in total. The summed E-state index contributed by atoms with van der Waals surface area (Å²) in [5, 5.41) is 9.74. The molecular formula is C12H10F3N3O. The molecule has 100 valence electrons. The molecule has 0 saturated carbocycles. The zero-order valence-corrected chi connectivity index (χ0v) is 9.57. The van der Waals surface area contributed by atoms with E-state index in [0.717, 1.165) is 18.2 Å². The quantitative estimate of drug-likeness (QED) is 0.695. The van der Waals surface area contributed by atoms with Crippen LogP contribution in [-0.2, 0) is 6.18 Å². The molecule has 0 bridgehead atoms. The van der Waals surface area contributed by atoms with Gasteiger partial charge in [-0.2, -0.15) is 13.2 Å². The van der Waals surface area contributed by atoms with Gasteiger partial charge in [0.2, 0.25) is 0 Å². The van der Waals surface area contributed by atoms with Crippen LogP contribution in [0.3, 0.4) is 0 Å². The van der Waals surface area contributed by atoms with Gasteiger partial charge in [0.15, 0.2) is 5.75 Å². The molecule has 19 heavy (non-hydrogen) atoms. The Kier molecular flexibility index (Phi) is 2.97. The molecule has 0 unspecified atom stereocenters. The largest absolute Gasteiger partial charge is 0.504 e. The topological polar surface area (TPSA) is 85.2 Å². The molecule has 1 aromatic heterocycles. The summed E-state index contributed by atoms with van der Waals surface area (Å²) in [4.78, 5) is 3.87. The van der Waals surface area contributed by atoms with Crippen LogP contribution < -0.4 is 11.5 Å². The van der Waals surface area contributed by atoms with Crippen LogP contribution in [0.15, 0.2) is 30.5 Å². The van der Waals surface area contributed by atoms with E-state index in [9.17, 15) is 18.3 Å². The Labute approximate surface area is 106 Å². The number of pyridine rings is 1. The molecule has 1 aromatic carbocycles. The molecule has 0 radical (unpaired) electrons. The number of aromatic nitrogens is 1. The van der Waals surface area contributed by atoms with E-state index >= 15 is 0 Å². The van der Waals surface area contributed by atoms with E-state index in [0.29, 0.717) is 0 Å². The Balaban J connectivity index is 2.56. The maximum Gasteiger partial charge on any atom is 0.416 e. The molecule has 1 heterocycles. The van der Waals surface area contributed by atoms with Crippen LogP contribution in [0.4, 0.5) is 24.5 Å². The maximum atomic E-state index is 12.5. The summed E-state index contributed by atoms with van der Waals surface area (Å²) in [6.45, 7) is 0. The van der Waals surface area contributed by atoms with Gasteiger partial charge in [-0.3, -0.25) is 4.98 Å². The van der Waals surface area contributed by atoms with E-state index in [4.69, 9.17) is 11.5 Å². The first kappa shape index (κ1) is 13.0. The third-order valence-electron chi connectivity index (χ3n) is 2.59. The van der Waals surface area contributed by atoms with Crippen LogP contribution in [0.1, 0.15) is 5.56 Å². The number of rotatable bonds is 1. The van der Waals surface area contributed by atoms with Crippen molar-refractivity contribution in [3.8, 4) is 17.0 Å². The summed E-state index contributed by atoms with van der Waals surface area (Å²) >= 11 is 0. The number of aromatic hydroxyl groups is 1. The second-order valence-corrected chi connectivity index (χ2v) is 3.90. The highest BCUT2D eigenvalue weighted by Gasteiger charge is 2.31. The summed E-state index contributed by atoms with van der Waals surface area (Å²) in [6.07, 6.45) is -3.14. The van der Waals surface area contributed by atoms with Gasteiger partial charge in [0.1, 0.15) is 5.69 Å². The van der Waals surface area contributed by atoms with E-state index in [-0.39, 0.29) is 28.4 Å². The highest BCUT2D eigenvalue weighted by Crippen LogP contribution is 2.38. The molecule has 0 aliphatic carbocycles. The minimum Gasteiger partial charge on any atom is -0.504 e. The standard InChI is InChI=1S/C12H10F3N3O/c13-12(14,15)6-1-2-7(9(17)5-6)10-11(19)8(16)3-4-18-10/h1-5,19H,17H2,(H2,16,18). The van der Waals surface area contributed by atoms with Gasteiger partial charge in [-0.25, -0.2) is 0 Å². The van der Waals surface area contributed by atoms with Gasteiger partial charge in [0.05, 0.1) is 11.3 Å². The number of alkyl halides is 3. The molecule has 0 aliphatic rings. The van der Waals surface area contributed by atoms with Crippen molar-refractivity contribution < 1.29 is 18.3 Å².